The van der Waals surface area contributed by atoms with Gasteiger partial charge in [-0.05, 0) is 31.2 Å². The lowest BCUT2D eigenvalue weighted by Gasteiger charge is -2.33. The van der Waals surface area contributed by atoms with Crippen LogP contribution in [0, 0.1) is 11.3 Å². The van der Waals surface area contributed by atoms with Gasteiger partial charge in [-0.2, -0.15) is 18.4 Å². The fraction of sp³-hybridized carbons (Fsp3) is 0.467. The fourth-order valence-electron chi connectivity index (χ4n) is 2.29. The summed E-state index contributed by atoms with van der Waals surface area (Å²) in [7, 11) is 3.07. The van der Waals surface area contributed by atoms with Crippen LogP contribution in [0.4, 0.5) is 13.2 Å². The monoisotopic (exact) mass is 313 g/mol. The van der Waals surface area contributed by atoms with Crippen LogP contribution in [0.3, 0.4) is 0 Å². The molecule has 0 saturated heterocycles. The zero-order valence-electron chi connectivity index (χ0n) is 12.9. The van der Waals surface area contributed by atoms with Gasteiger partial charge in [0.2, 0.25) is 5.91 Å². The van der Waals surface area contributed by atoms with Crippen molar-refractivity contribution in [2.24, 2.45) is 0 Å². The molecule has 120 valence electrons. The molecule has 1 aromatic carbocycles. The summed E-state index contributed by atoms with van der Waals surface area (Å²) < 4.78 is 39.2. The number of halogens is 3. The van der Waals surface area contributed by atoms with Gasteiger partial charge in [-0.15, -0.1) is 0 Å². The molecule has 1 aromatic rings. The summed E-state index contributed by atoms with van der Waals surface area (Å²) in [6.45, 7) is 3.69. The van der Waals surface area contributed by atoms with Crippen LogP contribution in [0.5, 0.6) is 0 Å². The summed E-state index contributed by atoms with van der Waals surface area (Å²) >= 11 is 0. The third-order valence-corrected chi connectivity index (χ3v) is 3.39. The van der Waals surface area contributed by atoms with Crippen LogP contribution in [0.1, 0.15) is 30.5 Å². The van der Waals surface area contributed by atoms with E-state index in [4.69, 9.17) is 5.26 Å². The second kappa shape index (κ2) is 6.36. The van der Waals surface area contributed by atoms with Gasteiger partial charge in [0.1, 0.15) is 5.54 Å². The average molecular weight is 313 g/mol. The lowest BCUT2D eigenvalue weighted by Crippen LogP contribution is -2.51. The van der Waals surface area contributed by atoms with Crippen molar-refractivity contribution in [3.8, 4) is 6.07 Å². The molecule has 0 bridgehead atoms. The van der Waals surface area contributed by atoms with Crippen molar-refractivity contribution in [3.63, 3.8) is 0 Å². The van der Waals surface area contributed by atoms with E-state index in [0.29, 0.717) is 6.54 Å². The maximum Gasteiger partial charge on any atom is 0.417 e. The summed E-state index contributed by atoms with van der Waals surface area (Å²) in [6.07, 6.45) is -4.66. The van der Waals surface area contributed by atoms with Crippen molar-refractivity contribution < 1.29 is 18.0 Å². The minimum absolute atomic E-state index is 0.166. The molecule has 0 unspecified atom stereocenters. The standard InChI is InChI=1S/C15H18F3N3O/c1-5-20-14(2,13(22)21(3)4)11-7-6-10(9-19)12(8-11)15(16,17)18/h6-8,20H,5H2,1-4H3/t14-/m1/s1. The SMILES string of the molecule is CCN[C@@](C)(C(=O)N(C)C)c1ccc(C#N)c(C(F)(F)F)c1. The number of amides is 1. The number of carbonyl (C=O) groups is 1. The second-order valence-corrected chi connectivity index (χ2v) is 5.22. The molecule has 7 heteroatoms. The van der Waals surface area contributed by atoms with Gasteiger partial charge in [0.05, 0.1) is 17.2 Å². The molecule has 0 aliphatic heterocycles. The highest BCUT2D eigenvalue weighted by atomic mass is 19.4. The van der Waals surface area contributed by atoms with E-state index < -0.39 is 22.8 Å². The summed E-state index contributed by atoms with van der Waals surface area (Å²) in [5.74, 6) is -0.368. The number of benzene rings is 1. The van der Waals surface area contributed by atoms with Crippen LogP contribution in [-0.2, 0) is 16.5 Å². The predicted molar refractivity (Wildman–Crippen MR) is 75.9 cm³/mol. The van der Waals surface area contributed by atoms with E-state index in [-0.39, 0.29) is 11.5 Å². The van der Waals surface area contributed by atoms with Crippen molar-refractivity contribution in [3.05, 3.63) is 34.9 Å². The van der Waals surface area contributed by atoms with Gasteiger partial charge >= 0.3 is 6.18 Å². The summed E-state index contributed by atoms with van der Waals surface area (Å²) in [5.41, 5.74) is -2.64. The van der Waals surface area contributed by atoms with Crippen LogP contribution in [0.2, 0.25) is 0 Å². The van der Waals surface area contributed by atoms with E-state index in [2.05, 4.69) is 5.32 Å². The molecule has 0 radical (unpaired) electrons. The normalized spacial score (nSPS) is 14.1. The molecule has 0 aliphatic carbocycles. The first-order valence-corrected chi connectivity index (χ1v) is 6.66. The number of nitrogens with one attached hydrogen (secondary N) is 1. The molecule has 1 N–H and O–H groups in total. The van der Waals surface area contributed by atoms with Crippen molar-refractivity contribution in [2.75, 3.05) is 20.6 Å². The van der Waals surface area contributed by atoms with Crippen LogP contribution in [0.15, 0.2) is 18.2 Å². The first-order valence-electron chi connectivity index (χ1n) is 6.66. The largest absolute Gasteiger partial charge is 0.417 e. The average Bonchev–Trinajstić information content (AvgIpc) is 2.44. The van der Waals surface area contributed by atoms with Crippen molar-refractivity contribution in [1.29, 1.82) is 5.26 Å². The Kier molecular flexibility index (Phi) is 5.20. The van der Waals surface area contributed by atoms with Gasteiger partial charge in [0.25, 0.3) is 0 Å². The topological polar surface area (TPSA) is 56.1 Å². The van der Waals surface area contributed by atoms with Gasteiger partial charge in [-0.25, -0.2) is 0 Å². The number of likely N-dealkylation sites (N-methyl/N-ethyl adjacent to an activating group) is 2. The minimum atomic E-state index is -4.66. The number of hydrogen-bond acceptors (Lipinski definition) is 3. The number of hydrogen-bond donors (Lipinski definition) is 1. The summed E-state index contributed by atoms with van der Waals surface area (Å²) in [5, 5.41) is 11.8. The number of rotatable bonds is 4. The summed E-state index contributed by atoms with van der Waals surface area (Å²) in [6, 6.07) is 4.86. The fourth-order valence-corrected chi connectivity index (χ4v) is 2.29. The number of nitrogens with zero attached hydrogens (tertiary/aromatic N) is 2. The van der Waals surface area contributed by atoms with Gasteiger partial charge in [0.15, 0.2) is 0 Å². The molecule has 4 nitrogen and oxygen atoms in total. The molecule has 1 amide bonds. The quantitative estimate of drug-likeness (QED) is 0.929. The lowest BCUT2D eigenvalue weighted by atomic mass is 9.88. The maximum absolute atomic E-state index is 13.1. The van der Waals surface area contributed by atoms with Gasteiger partial charge < -0.3 is 10.2 Å². The molecule has 0 aliphatic rings. The molecular weight excluding hydrogens is 295 g/mol. The van der Waals surface area contributed by atoms with E-state index in [1.165, 1.54) is 38.1 Å². The molecule has 0 heterocycles. The Morgan fingerprint density at radius 2 is 1.95 bits per heavy atom. The Labute approximate surface area is 127 Å². The number of carbonyl (C=O) groups excluding carboxylic acids is 1. The Bertz CT molecular complexity index is 605. The zero-order valence-corrected chi connectivity index (χ0v) is 12.9. The van der Waals surface area contributed by atoms with Crippen LogP contribution in [-0.4, -0.2) is 31.4 Å². The molecule has 0 fully saturated rings. The lowest BCUT2D eigenvalue weighted by molar-refractivity contribution is -0.139. The summed E-state index contributed by atoms with van der Waals surface area (Å²) in [4.78, 5) is 13.7. The van der Waals surface area contributed by atoms with Gasteiger partial charge in [-0.3, -0.25) is 4.79 Å². The Balaban J connectivity index is 3.52. The number of nitriles is 1. The maximum atomic E-state index is 13.1. The molecule has 22 heavy (non-hydrogen) atoms. The highest BCUT2D eigenvalue weighted by Gasteiger charge is 2.39. The minimum Gasteiger partial charge on any atom is -0.347 e. The molecule has 0 saturated carbocycles. The van der Waals surface area contributed by atoms with Gasteiger partial charge in [-0.1, -0.05) is 13.0 Å². The smallest absolute Gasteiger partial charge is 0.347 e. The highest BCUT2D eigenvalue weighted by molar-refractivity contribution is 5.87. The first kappa shape index (κ1) is 18.0. The van der Waals surface area contributed by atoms with Crippen molar-refractivity contribution >= 4 is 5.91 Å². The third-order valence-electron chi connectivity index (χ3n) is 3.39. The van der Waals surface area contributed by atoms with E-state index >= 15 is 0 Å². The Morgan fingerprint density at radius 3 is 2.36 bits per heavy atom. The van der Waals surface area contributed by atoms with Crippen LogP contribution < -0.4 is 5.32 Å². The second-order valence-electron chi connectivity index (χ2n) is 5.22. The first-order chi connectivity index (χ1) is 10.1. The van der Waals surface area contributed by atoms with E-state index in [1.54, 1.807) is 6.92 Å². The number of alkyl halides is 3. The van der Waals surface area contributed by atoms with Crippen LogP contribution in [0.25, 0.3) is 0 Å². The van der Waals surface area contributed by atoms with E-state index in [1.807, 2.05) is 0 Å². The molecule has 0 aromatic heterocycles. The predicted octanol–water partition coefficient (Wildman–Crippen LogP) is 2.49. The third kappa shape index (κ3) is 3.39. The Hall–Kier alpha value is -2.07. The molecular formula is C15H18F3N3O. The highest BCUT2D eigenvalue weighted by Crippen LogP contribution is 2.35. The van der Waals surface area contributed by atoms with Gasteiger partial charge in [0, 0.05) is 14.1 Å². The van der Waals surface area contributed by atoms with E-state index in [0.717, 1.165) is 12.1 Å². The molecule has 1 rings (SSSR count). The van der Waals surface area contributed by atoms with Crippen molar-refractivity contribution in [1.82, 2.24) is 10.2 Å². The van der Waals surface area contributed by atoms with Crippen LogP contribution >= 0.6 is 0 Å². The molecule has 0 spiro atoms. The molecule has 1 atom stereocenters. The Morgan fingerprint density at radius 1 is 1.36 bits per heavy atom. The zero-order chi connectivity index (χ0) is 17.1. The van der Waals surface area contributed by atoms with Crippen molar-refractivity contribution in [2.45, 2.75) is 25.6 Å². The van der Waals surface area contributed by atoms with E-state index in [9.17, 15) is 18.0 Å².